The summed E-state index contributed by atoms with van der Waals surface area (Å²) in [4.78, 5) is 74.4. The van der Waals surface area contributed by atoms with Crippen LogP contribution in [0.1, 0.15) is 173 Å². The van der Waals surface area contributed by atoms with E-state index in [4.69, 9.17) is 68.3 Å². The van der Waals surface area contributed by atoms with Crippen molar-refractivity contribution in [2.45, 2.75) is 197 Å². The van der Waals surface area contributed by atoms with Crippen LogP contribution in [-0.4, -0.2) is 96.0 Å². The zero-order valence-electron chi connectivity index (χ0n) is 71.9. The van der Waals surface area contributed by atoms with Crippen LogP contribution in [0.3, 0.4) is 0 Å². The standard InChI is InChI=1S/C34H39NO6.C31H32N2O7.C26H33NO4.C8H11NO2/c1-34-17-9-5-8-12-26(32(34)35-33(37)40-22-23-10-6-4-7-11-23)20-25-14-15-27(21-28(25)34)41-31(36)19-24-13-16-29(38-2)30(18-24)39-3;1-31-17-7-3-6-10-23(28(31)32-29(34)38-20-21-8-4-2-5-9-21)18-22-11-14-26(19-27(22)31)40-30(35)39-25-15-12-24(13-16-25)33(36)37;1-26-12-6-4-5-7-19(25(26)27)15-18-9-10-20(16-21(18)26)31-24(28)14-17-8-11-22(29-2)23(13-17)30-3;1-10-7-4-3-6(9)5-8(7)11-2/h4,6-7,10-11,13-16,18,21,26,32H,5,8-9,12,17,19-20,22H2,1-3H3,(H,35,37);2,4-5,8-9,11-16,19,23,28H,3,6-7,10,17-18,20H2,1H3,(H,32,34);8-11,13,16,19,25H,4-7,12,14-15,27H2,1-3H3;3-5H,9H2,1-2H3/t26-,32-,34+;23-,28-,31+;19-,25-,26+;/m000./s1. The molecule has 123 heavy (non-hydrogen) atoms. The molecule has 15 rings (SSSR count). The molecular weight excluding hydrogens is 1560 g/mol. The number of non-ortho nitro benzene ring substituents is 1. The minimum Gasteiger partial charge on any atom is -0.493 e. The number of nitrogen functional groups attached to an aromatic ring is 1. The fraction of sp³-hybridized carbons (Fsp3) is 0.404. The SMILES string of the molecule is COc1ccc(CC(=O)Oc2ccc3c(c2)[C@@]2(C)CCCCC[C@@H](C3)[C@@H]2N)cc1OC.COc1ccc(CC(=O)Oc2ccc3c(c2)[C@@]2(C)CCCCC[C@@H](C3)[C@@H]2NC(=O)OCc2ccccc2)cc1OC.COc1ccc(N)cc1OC.C[C@@]12CCCCC[C@@H](Cc3ccc(OC(=O)Oc4ccc([N+](=O)[O-])cc4)cc31)[C@@H]2NC(=O)OCc1ccccc1. The summed E-state index contributed by atoms with van der Waals surface area (Å²) in [6.45, 7) is 7.14. The van der Waals surface area contributed by atoms with Gasteiger partial charge in [-0.2, -0.15) is 0 Å². The first-order chi connectivity index (χ1) is 59.4. The van der Waals surface area contributed by atoms with Crippen molar-refractivity contribution in [2.24, 2.45) is 23.5 Å². The monoisotopic (exact) mass is 1680 g/mol. The summed E-state index contributed by atoms with van der Waals surface area (Å²) in [7, 11) is 9.49. The molecule has 0 unspecified atom stereocenters. The Bertz CT molecular complexity index is 5130. The molecule has 24 nitrogen and oxygen atoms in total. The Kier molecular flexibility index (Phi) is 30.7. The van der Waals surface area contributed by atoms with Crippen LogP contribution in [0.25, 0.3) is 0 Å². The molecule has 0 aliphatic heterocycles. The molecule has 3 saturated carbocycles. The van der Waals surface area contributed by atoms with Crippen LogP contribution in [-0.2, 0) is 80.6 Å². The number of carbonyl (C=O) groups excluding carboxylic acids is 5. The van der Waals surface area contributed by atoms with Gasteiger partial charge in [-0.3, -0.25) is 19.7 Å². The van der Waals surface area contributed by atoms with Crippen LogP contribution in [0.15, 0.2) is 194 Å². The predicted molar refractivity (Wildman–Crippen MR) is 469 cm³/mol. The third-order valence-electron chi connectivity index (χ3n) is 25.3. The molecule has 0 saturated heterocycles. The van der Waals surface area contributed by atoms with Crippen molar-refractivity contribution < 1.29 is 85.7 Å². The summed E-state index contributed by atoms with van der Waals surface area (Å²) < 4.78 is 64.8. The van der Waals surface area contributed by atoms with Gasteiger partial charge in [0, 0.05) is 58.3 Å². The lowest BCUT2D eigenvalue weighted by Crippen LogP contribution is -2.57. The largest absolute Gasteiger partial charge is 0.519 e. The molecule has 0 heterocycles. The maximum Gasteiger partial charge on any atom is 0.519 e. The topological polar surface area (TPSA) is 315 Å². The molecule has 9 aromatic rings. The van der Waals surface area contributed by atoms with Gasteiger partial charge in [0.1, 0.15) is 36.2 Å². The van der Waals surface area contributed by atoms with Gasteiger partial charge in [-0.25, -0.2) is 14.4 Å². The van der Waals surface area contributed by atoms with Gasteiger partial charge in [-0.1, -0.05) is 170 Å². The number of carbonyl (C=O) groups is 5. The number of nitrogens with two attached hydrogens (primary N) is 2. The number of hydrogen-bond acceptors (Lipinski definition) is 21. The third-order valence-corrected chi connectivity index (χ3v) is 25.3. The van der Waals surface area contributed by atoms with Crippen molar-refractivity contribution in [2.75, 3.05) is 48.4 Å². The zero-order valence-corrected chi connectivity index (χ0v) is 71.9. The molecule has 6 N–H and O–H groups in total. The number of amides is 2. The molecule has 3 fully saturated rings. The quantitative estimate of drug-likeness (QED) is 0.0130. The number of nitrogens with one attached hydrogen (secondary N) is 2. The molecule has 650 valence electrons. The fourth-order valence-electron chi connectivity index (χ4n) is 18.9. The average Bonchev–Trinajstić information content (AvgIpc) is 0.735. The van der Waals surface area contributed by atoms with E-state index in [-0.39, 0.29) is 89.7 Å². The van der Waals surface area contributed by atoms with Crippen LogP contribution in [0.4, 0.5) is 25.8 Å². The second kappa shape index (κ2) is 42.0. The van der Waals surface area contributed by atoms with Crippen molar-refractivity contribution in [3.63, 3.8) is 0 Å². The lowest BCUT2D eigenvalue weighted by atomic mass is 9.59. The molecule has 6 aliphatic carbocycles. The van der Waals surface area contributed by atoms with E-state index < -0.39 is 23.3 Å². The normalized spacial score (nSPS) is 21.3. The van der Waals surface area contributed by atoms with Crippen molar-refractivity contribution in [1.29, 1.82) is 0 Å². The van der Waals surface area contributed by atoms with E-state index in [9.17, 15) is 34.1 Å². The summed E-state index contributed by atoms with van der Waals surface area (Å²) >= 11 is 0. The highest BCUT2D eigenvalue weighted by atomic mass is 16.7. The van der Waals surface area contributed by atoms with E-state index in [1.54, 1.807) is 85.1 Å². The summed E-state index contributed by atoms with van der Waals surface area (Å²) in [6, 6.07) is 58.2. The van der Waals surface area contributed by atoms with E-state index in [0.29, 0.717) is 69.3 Å². The molecule has 9 aromatic carbocycles. The molecule has 0 spiro atoms. The second-order valence-electron chi connectivity index (χ2n) is 33.3. The van der Waals surface area contributed by atoms with E-state index in [1.165, 1.54) is 78.6 Å². The first kappa shape index (κ1) is 89.9. The Balaban J connectivity index is 0.000000159. The summed E-state index contributed by atoms with van der Waals surface area (Å²) in [5.74, 6) is 5.82. The number of hydrogen-bond donors (Lipinski definition) is 4. The van der Waals surface area contributed by atoms with Crippen LogP contribution in [0, 0.1) is 27.9 Å². The Morgan fingerprint density at radius 3 is 1.19 bits per heavy atom. The maximum absolute atomic E-state index is 13.0. The number of anilines is 1. The number of nitrogens with zero attached hydrogens (tertiary/aromatic N) is 1. The Morgan fingerprint density at radius 2 is 0.764 bits per heavy atom. The molecule has 6 aliphatic rings. The number of rotatable bonds is 21. The summed E-state index contributed by atoms with van der Waals surface area (Å²) in [5, 5.41) is 17.3. The number of fused-ring (bicyclic) bond motifs is 12. The van der Waals surface area contributed by atoms with Gasteiger partial charge >= 0.3 is 30.3 Å². The molecule has 2 amide bonds. The molecule has 6 bridgehead atoms. The van der Waals surface area contributed by atoms with E-state index in [2.05, 4.69) is 49.6 Å². The summed E-state index contributed by atoms with van der Waals surface area (Å²) in [6.07, 6.45) is 17.8. The highest BCUT2D eigenvalue weighted by molar-refractivity contribution is 5.77. The summed E-state index contributed by atoms with van der Waals surface area (Å²) in [5.41, 5.74) is 22.8. The Labute approximate surface area is 720 Å². The number of methoxy groups -OCH3 is 6. The third kappa shape index (κ3) is 22.7. The predicted octanol–water partition coefficient (Wildman–Crippen LogP) is 19.3. The van der Waals surface area contributed by atoms with Gasteiger partial charge in [0.05, 0.1) is 60.4 Å². The fourth-order valence-corrected chi connectivity index (χ4v) is 18.9. The number of nitro groups is 1. The minimum absolute atomic E-state index is 0.0650. The number of benzene rings is 9. The van der Waals surface area contributed by atoms with Crippen molar-refractivity contribution in [1.82, 2.24) is 10.6 Å². The maximum atomic E-state index is 13.0. The van der Waals surface area contributed by atoms with Gasteiger partial charge in [-0.05, 0) is 216 Å². The number of alkyl carbamates (subject to hydrolysis) is 2. The molecular formula is C99H115N5O19. The Morgan fingerprint density at radius 1 is 0.398 bits per heavy atom. The minimum atomic E-state index is -0.940. The van der Waals surface area contributed by atoms with E-state index in [1.807, 2.05) is 109 Å². The van der Waals surface area contributed by atoms with Crippen LogP contribution >= 0.6 is 0 Å². The lowest BCUT2D eigenvalue weighted by molar-refractivity contribution is -0.384. The van der Waals surface area contributed by atoms with Crippen molar-refractivity contribution in [3.8, 4) is 57.5 Å². The second-order valence-corrected chi connectivity index (χ2v) is 33.3. The molecule has 0 aromatic heterocycles. The average molecular weight is 1680 g/mol. The first-order valence-electron chi connectivity index (χ1n) is 42.5. The van der Waals surface area contributed by atoms with Gasteiger partial charge in [0.2, 0.25) is 0 Å². The molecule has 24 heteroatoms. The van der Waals surface area contributed by atoms with Crippen LogP contribution in [0.5, 0.6) is 57.5 Å². The van der Waals surface area contributed by atoms with Gasteiger partial charge in [0.15, 0.2) is 34.5 Å². The van der Waals surface area contributed by atoms with Crippen molar-refractivity contribution >= 4 is 41.7 Å². The number of ether oxygens (including phenoxy) is 12. The van der Waals surface area contributed by atoms with Crippen LogP contribution in [0.2, 0.25) is 0 Å². The van der Waals surface area contributed by atoms with E-state index >= 15 is 0 Å². The Hall–Kier alpha value is -12.3. The highest BCUT2D eigenvalue weighted by Crippen LogP contribution is 2.51. The molecule has 0 radical (unpaired) electrons. The van der Waals surface area contributed by atoms with E-state index in [0.717, 1.165) is 117 Å². The smallest absolute Gasteiger partial charge is 0.493 e. The first-order valence-corrected chi connectivity index (χ1v) is 42.5. The van der Waals surface area contributed by atoms with Crippen LogP contribution < -0.4 is 69.5 Å². The molecule has 9 atom stereocenters. The number of esters is 2. The van der Waals surface area contributed by atoms with Gasteiger partial charge in [-0.15, -0.1) is 0 Å². The number of nitro benzene ring substituents is 1. The lowest BCUT2D eigenvalue weighted by Gasteiger charge is -2.49. The van der Waals surface area contributed by atoms with Crippen molar-refractivity contribution in [3.05, 3.63) is 260 Å². The van der Waals surface area contributed by atoms with Gasteiger partial charge in [0.25, 0.3) is 5.69 Å². The highest BCUT2D eigenvalue weighted by Gasteiger charge is 2.49. The van der Waals surface area contributed by atoms with Gasteiger partial charge < -0.3 is 78.9 Å². The zero-order chi connectivity index (χ0) is 87.2.